The zero-order valence-electron chi connectivity index (χ0n) is 8.64. The second-order valence-electron chi connectivity index (χ2n) is 3.61. The van der Waals surface area contributed by atoms with Gasteiger partial charge in [-0.25, -0.2) is 0 Å². The molecule has 15 heavy (non-hydrogen) atoms. The van der Waals surface area contributed by atoms with Gasteiger partial charge in [-0.15, -0.1) is 0 Å². The van der Waals surface area contributed by atoms with E-state index < -0.39 is 0 Å². The van der Waals surface area contributed by atoms with Crippen molar-refractivity contribution in [2.45, 2.75) is 12.5 Å². The second-order valence-corrected chi connectivity index (χ2v) is 3.61. The molecule has 0 amide bonds. The lowest BCUT2D eigenvalue weighted by Gasteiger charge is -2.17. The highest BCUT2D eigenvalue weighted by molar-refractivity contribution is 5.52. The van der Waals surface area contributed by atoms with E-state index in [0.717, 1.165) is 18.8 Å². The quantitative estimate of drug-likeness (QED) is 0.618. The van der Waals surface area contributed by atoms with E-state index in [1.165, 1.54) is 0 Å². The van der Waals surface area contributed by atoms with Gasteiger partial charge in [-0.2, -0.15) is 9.97 Å². The highest BCUT2D eigenvalue weighted by atomic mass is 16.3. The molecule has 1 aliphatic rings. The smallest absolute Gasteiger partial charge is 0.223 e. The highest BCUT2D eigenvalue weighted by Gasteiger charge is 2.21. The Morgan fingerprint density at radius 1 is 1.60 bits per heavy atom. The van der Waals surface area contributed by atoms with E-state index in [1.807, 2.05) is 11.0 Å². The third kappa shape index (κ3) is 2.10. The van der Waals surface area contributed by atoms with Crippen LogP contribution < -0.4 is 16.0 Å². The Hall–Kier alpha value is -1.56. The first-order valence-corrected chi connectivity index (χ1v) is 4.94. The lowest BCUT2D eigenvalue weighted by Crippen LogP contribution is -2.23. The Morgan fingerprint density at radius 2 is 2.40 bits per heavy atom. The third-order valence-electron chi connectivity index (χ3n) is 2.47. The van der Waals surface area contributed by atoms with Crippen molar-refractivity contribution in [2.75, 3.05) is 36.1 Å². The van der Waals surface area contributed by atoms with Crippen molar-refractivity contribution in [3.8, 4) is 0 Å². The van der Waals surface area contributed by atoms with Crippen molar-refractivity contribution in [2.24, 2.45) is 0 Å². The van der Waals surface area contributed by atoms with Crippen molar-refractivity contribution in [3.05, 3.63) is 6.07 Å². The predicted molar refractivity (Wildman–Crippen MR) is 58.8 cm³/mol. The molecule has 1 unspecified atom stereocenters. The minimum Gasteiger partial charge on any atom is -0.391 e. The maximum atomic E-state index is 9.42. The molecule has 1 saturated heterocycles. The van der Waals surface area contributed by atoms with Gasteiger partial charge in [0.05, 0.1) is 6.10 Å². The summed E-state index contributed by atoms with van der Waals surface area (Å²) >= 11 is 0. The molecule has 1 atom stereocenters. The van der Waals surface area contributed by atoms with Gasteiger partial charge < -0.3 is 21.1 Å². The number of β-amino-alcohol motifs (C(OH)–C–C–N with tert-alkyl or cyclic N) is 1. The third-order valence-corrected chi connectivity index (χ3v) is 2.47. The number of nitrogens with one attached hydrogen (secondary N) is 1. The SMILES string of the molecule is CNc1cc(N2CCC(O)C2)nc(N)n1. The highest BCUT2D eigenvalue weighted by Crippen LogP contribution is 2.21. The topological polar surface area (TPSA) is 87.3 Å². The molecule has 1 aromatic rings. The molecular weight excluding hydrogens is 194 g/mol. The number of aliphatic hydroxyl groups is 1. The van der Waals surface area contributed by atoms with Gasteiger partial charge >= 0.3 is 0 Å². The fourth-order valence-electron chi connectivity index (χ4n) is 1.69. The van der Waals surface area contributed by atoms with Gasteiger partial charge in [0.15, 0.2) is 0 Å². The zero-order valence-corrected chi connectivity index (χ0v) is 8.64. The number of nitrogen functional groups attached to an aromatic ring is 1. The first kappa shape index (κ1) is 9.97. The molecule has 0 saturated carbocycles. The molecule has 6 heteroatoms. The van der Waals surface area contributed by atoms with E-state index in [0.29, 0.717) is 12.4 Å². The number of hydrogen-bond acceptors (Lipinski definition) is 6. The second kappa shape index (κ2) is 3.90. The van der Waals surface area contributed by atoms with Crippen molar-refractivity contribution in [1.82, 2.24) is 9.97 Å². The summed E-state index contributed by atoms with van der Waals surface area (Å²) in [5.41, 5.74) is 5.59. The maximum absolute atomic E-state index is 9.42. The summed E-state index contributed by atoms with van der Waals surface area (Å²) in [6.45, 7) is 1.42. The summed E-state index contributed by atoms with van der Waals surface area (Å²) in [5.74, 6) is 1.71. The van der Waals surface area contributed by atoms with Gasteiger partial charge in [-0.3, -0.25) is 0 Å². The molecule has 1 fully saturated rings. The van der Waals surface area contributed by atoms with E-state index in [4.69, 9.17) is 5.73 Å². The van der Waals surface area contributed by atoms with Crippen LogP contribution in [0.5, 0.6) is 0 Å². The molecule has 2 heterocycles. The van der Waals surface area contributed by atoms with Crippen LogP contribution in [0, 0.1) is 0 Å². The summed E-state index contributed by atoms with van der Waals surface area (Å²) in [6.07, 6.45) is 0.512. The normalized spacial score (nSPS) is 20.7. The number of nitrogens with zero attached hydrogens (tertiary/aromatic N) is 3. The molecule has 0 aromatic carbocycles. The van der Waals surface area contributed by atoms with Crippen molar-refractivity contribution < 1.29 is 5.11 Å². The van der Waals surface area contributed by atoms with E-state index in [-0.39, 0.29) is 12.1 Å². The van der Waals surface area contributed by atoms with Crippen LogP contribution in [0.2, 0.25) is 0 Å². The Kier molecular flexibility index (Phi) is 2.59. The summed E-state index contributed by atoms with van der Waals surface area (Å²) < 4.78 is 0. The molecule has 6 nitrogen and oxygen atoms in total. The van der Waals surface area contributed by atoms with Crippen LogP contribution in [0.4, 0.5) is 17.6 Å². The molecular formula is C9H15N5O. The van der Waals surface area contributed by atoms with Gasteiger partial charge in [0.25, 0.3) is 0 Å². The molecule has 4 N–H and O–H groups in total. The molecule has 82 valence electrons. The molecule has 2 rings (SSSR count). The largest absolute Gasteiger partial charge is 0.391 e. The van der Waals surface area contributed by atoms with E-state index >= 15 is 0 Å². The maximum Gasteiger partial charge on any atom is 0.223 e. The molecule has 0 bridgehead atoms. The fourth-order valence-corrected chi connectivity index (χ4v) is 1.69. The first-order valence-electron chi connectivity index (χ1n) is 4.94. The van der Waals surface area contributed by atoms with Crippen LogP contribution in [0.15, 0.2) is 6.07 Å². The minimum atomic E-state index is -0.265. The molecule has 1 aliphatic heterocycles. The molecule has 0 aliphatic carbocycles. The Labute approximate surface area is 88.1 Å². The van der Waals surface area contributed by atoms with Crippen LogP contribution in [-0.4, -0.2) is 41.3 Å². The molecule has 0 radical (unpaired) electrons. The van der Waals surface area contributed by atoms with Crippen molar-refractivity contribution in [3.63, 3.8) is 0 Å². The summed E-state index contributed by atoms with van der Waals surface area (Å²) in [6, 6.07) is 1.83. The van der Waals surface area contributed by atoms with E-state index in [2.05, 4.69) is 15.3 Å². The van der Waals surface area contributed by atoms with E-state index in [1.54, 1.807) is 7.05 Å². The average molecular weight is 209 g/mol. The average Bonchev–Trinajstić information content (AvgIpc) is 2.64. The number of rotatable bonds is 2. The molecule has 0 spiro atoms. The van der Waals surface area contributed by atoms with Crippen LogP contribution in [0.1, 0.15) is 6.42 Å². The lowest BCUT2D eigenvalue weighted by molar-refractivity contribution is 0.198. The van der Waals surface area contributed by atoms with Gasteiger partial charge in [-0.1, -0.05) is 0 Å². The van der Waals surface area contributed by atoms with Gasteiger partial charge in [0.1, 0.15) is 11.6 Å². The monoisotopic (exact) mass is 209 g/mol. The number of nitrogens with two attached hydrogens (primary N) is 1. The number of hydrogen-bond donors (Lipinski definition) is 3. The van der Waals surface area contributed by atoms with Crippen molar-refractivity contribution in [1.29, 1.82) is 0 Å². The van der Waals surface area contributed by atoms with Crippen LogP contribution in [0.3, 0.4) is 0 Å². The fraction of sp³-hybridized carbons (Fsp3) is 0.556. The van der Waals surface area contributed by atoms with Crippen LogP contribution in [-0.2, 0) is 0 Å². The summed E-state index contributed by atoms with van der Waals surface area (Å²) in [5, 5.41) is 12.3. The zero-order chi connectivity index (χ0) is 10.8. The van der Waals surface area contributed by atoms with Crippen LogP contribution in [0.25, 0.3) is 0 Å². The minimum absolute atomic E-state index is 0.248. The summed E-state index contributed by atoms with van der Waals surface area (Å²) in [7, 11) is 1.78. The standard InChI is InChI=1S/C9H15N5O/c1-11-7-4-8(13-9(10)12-7)14-3-2-6(15)5-14/h4,6,15H,2-3,5H2,1H3,(H3,10,11,12,13). The number of aromatic nitrogens is 2. The Morgan fingerprint density at radius 3 is 3.00 bits per heavy atom. The number of aliphatic hydroxyl groups excluding tert-OH is 1. The van der Waals surface area contributed by atoms with Crippen LogP contribution >= 0.6 is 0 Å². The Balaban J connectivity index is 2.24. The molecule has 1 aromatic heterocycles. The van der Waals surface area contributed by atoms with Gasteiger partial charge in [0.2, 0.25) is 5.95 Å². The van der Waals surface area contributed by atoms with E-state index in [9.17, 15) is 5.11 Å². The summed E-state index contributed by atoms with van der Waals surface area (Å²) in [4.78, 5) is 10.2. The first-order chi connectivity index (χ1) is 7.19. The Bertz CT molecular complexity index is 356. The number of anilines is 3. The lowest BCUT2D eigenvalue weighted by atomic mass is 10.3. The van der Waals surface area contributed by atoms with Crippen molar-refractivity contribution >= 4 is 17.6 Å². The predicted octanol–water partition coefficient (Wildman–Crippen LogP) is -0.329. The van der Waals surface area contributed by atoms with Gasteiger partial charge in [0, 0.05) is 26.2 Å². The van der Waals surface area contributed by atoms with Gasteiger partial charge in [-0.05, 0) is 6.42 Å².